The number of benzene rings is 1. The number of hydrogen-bond donors (Lipinski definition) is 1. The number of carbonyl (C=O) groups excluding carboxylic acids is 2. The van der Waals surface area contributed by atoms with Crippen LogP contribution in [0, 0.1) is 11.8 Å². The lowest BCUT2D eigenvalue weighted by molar-refractivity contribution is -0.148. The topological polar surface area (TPSA) is 72.6 Å². The number of hydrogen-bond acceptors (Lipinski definition) is 4. The van der Waals surface area contributed by atoms with Crippen LogP contribution < -0.4 is 5.73 Å². The zero-order chi connectivity index (χ0) is 21.4. The molecule has 5 nitrogen and oxygen atoms in total. The first kappa shape index (κ1) is 21.6. The van der Waals surface area contributed by atoms with Gasteiger partial charge in [0.2, 0.25) is 5.91 Å². The van der Waals surface area contributed by atoms with Crippen molar-refractivity contribution in [2.45, 2.75) is 24.6 Å². The van der Waals surface area contributed by atoms with Crippen molar-refractivity contribution in [3.8, 4) is 0 Å². The molecule has 1 saturated carbocycles. The van der Waals surface area contributed by atoms with Gasteiger partial charge in [-0.3, -0.25) is 9.59 Å². The first-order valence-electron chi connectivity index (χ1n) is 8.90. The second-order valence-corrected chi connectivity index (χ2v) is 7.99. The molecule has 0 spiro atoms. The fourth-order valence-electron chi connectivity index (χ4n) is 3.67. The number of ether oxygens (including phenoxy) is 1. The molecule has 158 valence electrons. The Morgan fingerprint density at radius 1 is 1.34 bits per heavy atom. The Bertz CT molecular complexity index is 831. The molecule has 0 bridgehead atoms. The van der Waals surface area contributed by atoms with E-state index in [1.54, 1.807) is 4.90 Å². The number of rotatable bonds is 6. The molecule has 1 amide bonds. The van der Waals surface area contributed by atoms with E-state index in [2.05, 4.69) is 4.74 Å². The third-order valence-electron chi connectivity index (χ3n) is 5.25. The molecule has 0 aromatic heterocycles. The highest BCUT2D eigenvalue weighted by molar-refractivity contribution is 6.31. The van der Waals surface area contributed by atoms with Crippen molar-refractivity contribution in [2.24, 2.45) is 17.6 Å². The van der Waals surface area contributed by atoms with Crippen LogP contribution in [0.5, 0.6) is 0 Å². The standard InChI is InChI=1S/C19H19ClF4N2O3/c20-15-4-12(1-2-14(15)19(22,23)24)16(21)3-11-7-26(8-11)17(28)13-5-18(25,6-13)9-29-10-27/h1-4,10-11,13H,5-9,25H2/b16-3-. The Morgan fingerprint density at radius 3 is 2.55 bits per heavy atom. The molecule has 1 aliphatic carbocycles. The molecule has 0 unspecified atom stereocenters. The molecule has 3 rings (SSSR count). The Morgan fingerprint density at radius 2 is 2.00 bits per heavy atom. The molecule has 2 fully saturated rings. The van der Waals surface area contributed by atoms with Gasteiger partial charge in [0.1, 0.15) is 12.4 Å². The van der Waals surface area contributed by atoms with Crippen LogP contribution in [0.4, 0.5) is 17.6 Å². The van der Waals surface area contributed by atoms with Gasteiger partial charge in [0.15, 0.2) is 0 Å². The summed E-state index contributed by atoms with van der Waals surface area (Å²) in [5.41, 5.74) is 4.24. The zero-order valence-electron chi connectivity index (χ0n) is 15.2. The van der Waals surface area contributed by atoms with E-state index < -0.39 is 28.1 Å². The van der Waals surface area contributed by atoms with Gasteiger partial charge in [0.25, 0.3) is 6.47 Å². The summed E-state index contributed by atoms with van der Waals surface area (Å²) in [5.74, 6) is -1.26. The van der Waals surface area contributed by atoms with Crippen LogP contribution in [-0.2, 0) is 20.5 Å². The summed E-state index contributed by atoms with van der Waals surface area (Å²) in [7, 11) is 0. The zero-order valence-corrected chi connectivity index (χ0v) is 16.0. The lowest BCUT2D eigenvalue weighted by Crippen LogP contribution is -2.61. The SMILES string of the molecule is NC1(COC=O)CC(C(=O)N2CC(/C=C(\F)c3ccc(C(F)(F)F)c(Cl)c3)C2)C1. The molecular weight excluding hydrogens is 416 g/mol. The highest BCUT2D eigenvalue weighted by Crippen LogP contribution is 2.39. The predicted molar refractivity (Wildman–Crippen MR) is 97.3 cm³/mol. The summed E-state index contributed by atoms with van der Waals surface area (Å²) in [6, 6.07) is 2.71. The fourth-order valence-corrected chi connectivity index (χ4v) is 3.95. The molecule has 1 aromatic rings. The molecule has 0 atom stereocenters. The number of halogens is 5. The molecular formula is C19H19ClF4N2O3. The Labute approximate surface area is 169 Å². The average molecular weight is 435 g/mol. The van der Waals surface area contributed by atoms with Crippen LogP contribution in [-0.4, -0.2) is 42.5 Å². The molecule has 1 aromatic carbocycles. The van der Waals surface area contributed by atoms with Gasteiger partial charge in [-0.15, -0.1) is 0 Å². The van der Waals surface area contributed by atoms with Gasteiger partial charge in [-0.25, -0.2) is 4.39 Å². The van der Waals surface area contributed by atoms with Crippen LogP contribution in [0.2, 0.25) is 5.02 Å². The van der Waals surface area contributed by atoms with Crippen molar-refractivity contribution >= 4 is 29.8 Å². The van der Waals surface area contributed by atoms with E-state index >= 15 is 0 Å². The van der Waals surface area contributed by atoms with Crippen LogP contribution in [0.1, 0.15) is 24.0 Å². The maximum absolute atomic E-state index is 14.4. The largest absolute Gasteiger partial charge is 0.466 e. The summed E-state index contributed by atoms with van der Waals surface area (Å²) in [4.78, 5) is 24.2. The molecule has 10 heteroatoms. The Kier molecular flexibility index (Phi) is 5.91. The van der Waals surface area contributed by atoms with Gasteiger partial charge in [0.05, 0.1) is 16.1 Å². The van der Waals surface area contributed by atoms with Crippen molar-refractivity contribution in [3.63, 3.8) is 0 Å². The minimum absolute atomic E-state index is 0.0464. The number of carbonyl (C=O) groups is 2. The normalized spacial score (nSPS) is 25.2. The van der Waals surface area contributed by atoms with E-state index in [4.69, 9.17) is 17.3 Å². The summed E-state index contributed by atoms with van der Waals surface area (Å²) in [6.07, 6.45) is -2.49. The lowest BCUT2D eigenvalue weighted by Gasteiger charge is -2.47. The molecule has 29 heavy (non-hydrogen) atoms. The maximum atomic E-state index is 14.4. The second kappa shape index (κ2) is 7.95. The minimum atomic E-state index is -4.60. The van der Waals surface area contributed by atoms with Crippen LogP contribution >= 0.6 is 11.6 Å². The Balaban J connectivity index is 1.52. The molecule has 1 saturated heterocycles. The number of alkyl halides is 3. The highest BCUT2D eigenvalue weighted by Gasteiger charge is 2.48. The molecule has 0 radical (unpaired) electrons. The van der Waals surface area contributed by atoms with E-state index in [0.29, 0.717) is 32.4 Å². The van der Waals surface area contributed by atoms with E-state index in [-0.39, 0.29) is 29.9 Å². The second-order valence-electron chi connectivity index (χ2n) is 7.59. The first-order chi connectivity index (χ1) is 13.5. The van der Waals surface area contributed by atoms with Gasteiger partial charge in [-0.1, -0.05) is 17.7 Å². The number of nitrogens with two attached hydrogens (primary N) is 1. The van der Waals surface area contributed by atoms with E-state index in [1.165, 1.54) is 6.08 Å². The molecule has 1 heterocycles. The third kappa shape index (κ3) is 4.72. The first-order valence-corrected chi connectivity index (χ1v) is 9.27. The van der Waals surface area contributed by atoms with Crippen LogP contribution in [0.3, 0.4) is 0 Å². The van der Waals surface area contributed by atoms with E-state index in [1.807, 2.05) is 0 Å². The highest BCUT2D eigenvalue weighted by atomic mass is 35.5. The van der Waals surface area contributed by atoms with Gasteiger partial charge in [-0.2, -0.15) is 13.2 Å². The van der Waals surface area contributed by atoms with Gasteiger partial charge in [-0.05, 0) is 31.1 Å². The summed E-state index contributed by atoms with van der Waals surface area (Å²) in [5, 5.41) is -0.572. The van der Waals surface area contributed by atoms with Gasteiger partial charge < -0.3 is 15.4 Å². The van der Waals surface area contributed by atoms with Crippen molar-refractivity contribution < 1.29 is 31.9 Å². The molecule has 2 N–H and O–H groups in total. The van der Waals surface area contributed by atoms with Crippen molar-refractivity contribution in [2.75, 3.05) is 19.7 Å². The minimum Gasteiger partial charge on any atom is -0.466 e. The predicted octanol–water partition coefficient (Wildman–Crippen LogP) is 3.41. The van der Waals surface area contributed by atoms with Crippen molar-refractivity contribution in [3.05, 3.63) is 40.4 Å². The maximum Gasteiger partial charge on any atom is 0.417 e. The van der Waals surface area contributed by atoms with E-state index in [9.17, 15) is 27.2 Å². The number of likely N-dealkylation sites (tertiary alicyclic amines) is 1. The van der Waals surface area contributed by atoms with Crippen molar-refractivity contribution in [1.82, 2.24) is 4.90 Å². The third-order valence-corrected chi connectivity index (χ3v) is 5.56. The summed E-state index contributed by atoms with van der Waals surface area (Å²) in [6.45, 7) is 1.01. The number of amides is 1. The van der Waals surface area contributed by atoms with Gasteiger partial charge >= 0.3 is 6.18 Å². The number of nitrogens with zero attached hydrogens (tertiary/aromatic N) is 1. The fraction of sp³-hybridized carbons (Fsp3) is 0.474. The smallest absolute Gasteiger partial charge is 0.417 e. The average Bonchev–Trinajstić information content (AvgIpc) is 2.58. The van der Waals surface area contributed by atoms with Gasteiger partial charge in [0, 0.05) is 30.5 Å². The van der Waals surface area contributed by atoms with Crippen LogP contribution in [0.25, 0.3) is 5.83 Å². The van der Waals surface area contributed by atoms with Crippen molar-refractivity contribution in [1.29, 1.82) is 0 Å². The van der Waals surface area contributed by atoms with Crippen LogP contribution in [0.15, 0.2) is 24.3 Å². The Hall–Kier alpha value is -2.13. The monoisotopic (exact) mass is 434 g/mol. The summed E-state index contributed by atoms with van der Waals surface area (Å²) < 4.78 is 57.2. The summed E-state index contributed by atoms with van der Waals surface area (Å²) >= 11 is 5.61. The lowest BCUT2D eigenvalue weighted by atomic mass is 9.68. The van der Waals surface area contributed by atoms with E-state index in [0.717, 1.165) is 18.2 Å². The quantitative estimate of drug-likeness (QED) is 0.550. The molecule has 1 aliphatic heterocycles. The molecule has 2 aliphatic rings.